The third-order valence-corrected chi connectivity index (χ3v) is 2.87. The van der Waals surface area contributed by atoms with Crippen molar-refractivity contribution < 1.29 is 28.6 Å². The van der Waals surface area contributed by atoms with Crippen LogP contribution in [0.3, 0.4) is 0 Å². The topological polar surface area (TPSA) is 78.9 Å². The van der Waals surface area contributed by atoms with Gasteiger partial charge in [-0.05, 0) is 25.2 Å². The molecule has 0 radical (unpaired) electrons. The third-order valence-electron chi connectivity index (χ3n) is 2.87. The quantitative estimate of drug-likeness (QED) is 0.365. The van der Waals surface area contributed by atoms with Crippen LogP contribution in [0, 0.1) is 11.8 Å². The van der Waals surface area contributed by atoms with Crippen molar-refractivity contribution in [2.75, 3.05) is 20.3 Å². The van der Waals surface area contributed by atoms with Crippen molar-refractivity contribution >= 4 is 17.9 Å². The van der Waals surface area contributed by atoms with E-state index in [0.717, 1.165) is 0 Å². The third kappa shape index (κ3) is 9.35. The molecule has 0 N–H and O–H groups in total. The van der Waals surface area contributed by atoms with Crippen LogP contribution >= 0.6 is 0 Å². The zero-order valence-electron chi connectivity index (χ0n) is 12.6. The molecule has 0 aromatic carbocycles. The van der Waals surface area contributed by atoms with Gasteiger partial charge in [-0.2, -0.15) is 0 Å². The minimum absolute atomic E-state index is 0.0450. The Morgan fingerprint density at radius 3 is 2.15 bits per heavy atom. The summed E-state index contributed by atoms with van der Waals surface area (Å²) >= 11 is 0. The molecule has 0 aromatic heterocycles. The summed E-state index contributed by atoms with van der Waals surface area (Å²) in [6.07, 6.45) is 1.95. The van der Waals surface area contributed by atoms with E-state index < -0.39 is 0 Å². The standard InChI is InChI=1S/C14H24O6/c1-10(14(17)18-4)8-13(9-20-12(3)16)6-5-7-19-11(2)15/h10,13H,5-9H2,1-4H3. The van der Waals surface area contributed by atoms with Crippen LogP contribution in [0.2, 0.25) is 0 Å². The first-order chi connectivity index (χ1) is 9.36. The normalized spacial score (nSPS) is 13.2. The molecule has 0 saturated carbocycles. The number of carbonyl (C=O) groups excluding carboxylic acids is 3. The Morgan fingerprint density at radius 1 is 1.05 bits per heavy atom. The molecule has 0 spiro atoms. The number of hydrogen-bond acceptors (Lipinski definition) is 6. The van der Waals surface area contributed by atoms with Gasteiger partial charge in [0.25, 0.3) is 0 Å². The summed E-state index contributed by atoms with van der Waals surface area (Å²) in [5.74, 6) is -1.15. The molecule has 0 saturated heterocycles. The molecule has 0 fully saturated rings. The molecule has 0 aliphatic carbocycles. The van der Waals surface area contributed by atoms with E-state index in [4.69, 9.17) is 9.47 Å². The highest BCUT2D eigenvalue weighted by Crippen LogP contribution is 2.19. The Balaban J connectivity index is 4.22. The summed E-state index contributed by atoms with van der Waals surface area (Å²) in [6, 6.07) is 0. The van der Waals surface area contributed by atoms with Gasteiger partial charge in [-0.1, -0.05) is 6.92 Å². The highest BCUT2D eigenvalue weighted by molar-refractivity contribution is 5.71. The molecule has 6 nitrogen and oxygen atoms in total. The lowest BCUT2D eigenvalue weighted by molar-refractivity contribution is -0.146. The first-order valence-corrected chi connectivity index (χ1v) is 6.71. The summed E-state index contributed by atoms with van der Waals surface area (Å²) < 4.78 is 14.5. The van der Waals surface area contributed by atoms with Gasteiger partial charge < -0.3 is 14.2 Å². The number of rotatable bonds is 9. The van der Waals surface area contributed by atoms with Crippen LogP contribution in [0.15, 0.2) is 0 Å². The van der Waals surface area contributed by atoms with Gasteiger partial charge in [0.05, 0.1) is 26.2 Å². The summed E-state index contributed by atoms with van der Waals surface area (Å²) in [4.78, 5) is 32.9. The molecule has 0 amide bonds. The van der Waals surface area contributed by atoms with Gasteiger partial charge in [0.2, 0.25) is 0 Å². The van der Waals surface area contributed by atoms with E-state index in [2.05, 4.69) is 4.74 Å². The summed E-state index contributed by atoms with van der Waals surface area (Å²) in [7, 11) is 1.35. The summed E-state index contributed by atoms with van der Waals surface area (Å²) in [5.41, 5.74) is 0. The monoisotopic (exact) mass is 288 g/mol. The smallest absolute Gasteiger partial charge is 0.308 e. The Morgan fingerprint density at radius 2 is 1.65 bits per heavy atom. The van der Waals surface area contributed by atoms with E-state index >= 15 is 0 Å². The maximum Gasteiger partial charge on any atom is 0.308 e. The molecule has 0 bridgehead atoms. The average Bonchev–Trinajstić information content (AvgIpc) is 2.38. The molecule has 2 unspecified atom stereocenters. The number of carbonyl (C=O) groups is 3. The lowest BCUT2D eigenvalue weighted by Gasteiger charge is -2.19. The minimum Gasteiger partial charge on any atom is -0.469 e. The van der Waals surface area contributed by atoms with Crippen LogP contribution < -0.4 is 0 Å². The van der Waals surface area contributed by atoms with Crippen molar-refractivity contribution in [2.45, 2.75) is 40.0 Å². The van der Waals surface area contributed by atoms with Crippen LogP contribution in [-0.2, 0) is 28.6 Å². The van der Waals surface area contributed by atoms with Crippen molar-refractivity contribution in [2.24, 2.45) is 11.8 Å². The Labute approximate surface area is 119 Å². The number of esters is 3. The molecule has 0 aliphatic heterocycles. The first kappa shape index (κ1) is 18.4. The average molecular weight is 288 g/mol. The van der Waals surface area contributed by atoms with E-state index in [0.29, 0.717) is 25.9 Å². The van der Waals surface area contributed by atoms with Crippen LogP contribution in [-0.4, -0.2) is 38.2 Å². The van der Waals surface area contributed by atoms with Gasteiger partial charge in [0.15, 0.2) is 0 Å². The van der Waals surface area contributed by atoms with Crippen molar-refractivity contribution in [3.63, 3.8) is 0 Å². The lowest BCUT2D eigenvalue weighted by Crippen LogP contribution is -2.21. The molecule has 116 valence electrons. The van der Waals surface area contributed by atoms with Crippen LogP contribution in [0.1, 0.15) is 40.0 Å². The Hall–Kier alpha value is -1.59. The fourth-order valence-electron chi connectivity index (χ4n) is 1.89. The fraction of sp³-hybridized carbons (Fsp3) is 0.786. The largest absolute Gasteiger partial charge is 0.469 e. The van der Waals surface area contributed by atoms with E-state index in [1.807, 2.05) is 0 Å². The van der Waals surface area contributed by atoms with Gasteiger partial charge in [-0.3, -0.25) is 14.4 Å². The summed E-state index contributed by atoms with van der Waals surface area (Å²) in [6.45, 7) is 5.07. The second-order valence-electron chi connectivity index (χ2n) is 4.81. The van der Waals surface area contributed by atoms with Crippen LogP contribution in [0.25, 0.3) is 0 Å². The highest BCUT2D eigenvalue weighted by Gasteiger charge is 2.20. The SMILES string of the molecule is COC(=O)C(C)CC(CCCOC(C)=O)COC(C)=O. The molecular weight excluding hydrogens is 264 g/mol. The van der Waals surface area contributed by atoms with Gasteiger partial charge >= 0.3 is 17.9 Å². The number of ether oxygens (including phenoxy) is 3. The second kappa shape index (κ2) is 10.2. The molecular formula is C14H24O6. The lowest BCUT2D eigenvalue weighted by atomic mass is 9.92. The van der Waals surface area contributed by atoms with Gasteiger partial charge in [-0.25, -0.2) is 0 Å². The number of hydrogen-bond donors (Lipinski definition) is 0. The van der Waals surface area contributed by atoms with Gasteiger partial charge in [0, 0.05) is 13.8 Å². The predicted octanol–water partition coefficient (Wildman–Crippen LogP) is 1.71. The van der Waals surface area contributed by atoms with Crippen molar-refractivity contribution in [1.29, 1.82) is 0 Å². The van der Waals surface area contributed by atoms with Crippen LogP contribution in [0.5, 0.6) is 0 Å². The maximum atomic E-state index is 11.4. The van der Waals surface area contributed by atoms with Crippen molar-refractivity contribution in [3.8, 4) is 0 Å². The van der Waals surface area contributed by atoms with E-state index in [9.17, 15) is 14.4 Å². The molecule has 2 atom stereocenters. The Bertz CT molecular complexity index is 326. The number of methoxy groups -OCH3 is 1. The van der Waals surface area contributed by atoms with Crippen molar-refractivity contribution in [1.82, 2.24) is 0 Å². The molecule has 6 heteroatoms. The van der Waals surface area contributed by atoms with E-state index in [1.54, 1.807) is 6.92 Å². The molecule has 0 rings (SSSR count). The van der Waals surface area contributed by atoms with E-state index in [1.165, 1.54) is 21.0 Å². The van der Waals surface area contributed by atoms with Crippen molar-refractivity contribution in [3.05, 3.63) is 0 Å². The molecule has 20 heavy (non-hydrogen) atoms. The van der Waals surface area contributed by atoms with E-state index in [-0.39, 0.29) is 36.4 Å². The summed E-state index contributed by atoms with van der Waals surface area (Å²) in [5, 5.41) is 0. The fourth-order valence-corrected chi connectivity index (χ4v) is 1.89. The zero-order chi connectivity index (χ0) is 15.5. The van der Waals surface area contributed by atoms with Gasteiger partial charge in [-0.15, -0.1) is 0 Å². The molecule has 0 heterocycles. The minimum atomic E-state index is -0.347. The van der Waals surface area contributed by atoms with Crippen LogP contribution in [0.4, 0.5) is 0 Å². The highest BCUT2D eigenvalue weighted by atomic mass is 16.5. The second-order valence-corrected chi connectivity index (χ2v) is 4.81. The maximum absolute atomic E-state index is 11.4. The zero-order valence-corrected chi connectivity index (χ0v) is 12.6. The Kier molecular flexibility index (Phi) is 9.41. The molecule has 0 aliphatic rings. The molecule has 0 aromatic rings. The predicted molar refractivity (Wildman–Crippen MR) is 71.8 cm³/mol. The van der Waals surface area contributed by atoms with Gasteiger partial charge in [0.1, 0.15) is 0 Å². The first-order valence-electron chi connectivity index (χ1n) is 6.71.